The Labute approximate surface area is 116 Å². The quantitative estimate of drug-likeness (QED) is 0.632. The zero-order valence-corrected chi connectivity index (χ0v) is 12.0. The molecular weight excluding hydrogens is 238 g/mol. The number of hydrogen-bond acceptors (Lipinski definition) is 4. The molecule has 1 heterocycles. The molecule has 1 aromatic heterocycles. The van der Waals surface area contributed by atoms with Gasteiger partial charge in [0.15, 0.2) is 0 Å². The van der Waals surface area contributed by atoms with Gasteiger partial charge in [0, 0.05) is 12.1 Å². The van der Waals surface area contributed by atoms with Crippen LogP contribution in [0.5, 0.6) is 5.75 Å². The second kappa shape index (κ2) is 9.48. The van der Waals surface area contributed by atoms with Gasteiger partial charge in [-0.1, -0.05) is 51.9 Å². The minimum atomic E-state index is 0.408. The summed E-state index contributed by atoms with van der Waals surface area (Å²) >= 11 is 0. The average Bonchev–Trinajstić information content (AvgIpc) is 2.36. The van der Waals surface area contributed by atoms with Gasteiger partial charge >= 0.3 is 0 Å². The first-order valence-corrected chi connectivity index (χ1v) is 7.38. The van der Waals surface area contributed by atoms with Gasteiger partial charge in [0.1, 0.15) is 17.4 Å². The summed E-state index contributed by atoms with van der Waals surface area (Å²) in [5, 5.41) is 0. The molecule has 0 spiro atoms. The van der Waals surface area contributed by atoms with Crippen molar-refractivity contribution in [3.8, 4) is 5.75 Å². The Kier molecular flexibility index (Phi) is 7.78. The third-order valence-electron chi connectivity index (χ3n) is 3.11. The van der Waals surface area contributed by atoms with E-state index in [1.54, 1.807) is 12.1 Å². The van der Waals surface area contributed by atoms with Crippen molar-refractivity contribution >= 4 is 11.6 Å². The highest BCUT2D eigenvalue weighted by atomic mass is 16.5. The summed E-state index contributed by atoms with van der Waals surface area (Å²) in [5.74, 6) is 1.53. The molecule has 4 nitrogen and oxygen atoms in total. The summed E-state index contributed by atoms with van der Waals surface area (Å²) in [6, 6.07) is 3.42. The molecule has 0 aliphatic carbocycles. The maximum Gasteiger partial charge on any atom is 0.129 e. The predicted octanol–water partition coefficient (Wildman–Crippen LogP) is 3.77. The van der Waals surface area contributed by atoms with E-state index in [1.165, 1.54) is 44.9 Å². The number of nitrogens with zero attached hydrogens (tertiary/aromatic N) is 1. The monoisotopic (exact) mass is 265 g/mol. The van der Waals surface area contributed by atoms with Gasteiger partial charge in [-0.3, -0.25) is 0 Å². The molecule has 1 rings (SSSR count). The van der Waals surface area contributed by atoms with Gasteiger partial charge in [-0.05, 0) is 6.42 Å². The molecule has 0 aromatic carbocycles. The molecule has 1 aromatic rings. The van der Waals surface area contributed by atoms with Crippen molar-refractivity contribution in [1.82, 2.24) is 4.98 Å². The van der Waals surface area contributed by atoms with Crippen molar-refractivity contribution < 1.29 is 4.74 Å². The number of unbranched alkanes of at least 4 members (excludes halogenated alkanes) is 7. The first-order valence-electron chi connectivity index (χ1n) is 7.38. The molecule has 4 heteroatoms. The van der Waals surface area contributed by atoms with Crippen molar-refractivity contribution in [3.05, 3.63) is 12.1 Å². The SMILES string of the molecule is CCCCCCCCCCOc1cc(N)nc(N)c1. The van der Waals surface area contributed by atoms with E-state index in [2.05, 4.69) is 11.9 Å². The molecule has 0 unspecified atom stereocenters. The first kappa shape index (κ1) is 15.6. The summed E-state index contributed by atoms with van der Waals surface area (Å²) in [5.41, 5.74) is 11.2. The van der Waals surface area contributed by atoms with Gasteiger partial charge in [0.2, 0.25) is 0 Å². The Hall–Kier alpha value is -1.45. The van der Waals surface area contributed by atoms with Gasteiger partial charge in [-0.25, -0.2) is 4.98 Å². The van der Waals surface area contributed by atoms with Crippen molar-refractivity contribution in [2.24, 2.45) is 0 Å². The van der Waals surface area contributed by atoms with Crippen LogP contribution in [-0.2, 0) is 0 Å². The Morgan fingerprint density at radius 2 is 1.42 bits per heavy atom. The maximum atomic E-state index is 5.61. The van der Waals surface area contributed by atoms with Crippen LogP contribution in [-0.4, -0.2) is 11.6 Å². The fourth-order valence-electron chi connectivity index (χ4n) is 2.06. The molecule has 4 N–H and O–H groups in total. The third-order valence-corrected chi connectivity index (χ3v) is 3.11. The molecule has 0 fully saturated rings. The van der Waals surface area contributed by atoms with Crippen molar-refractivity contribution in [3.63, 3.8) is 0 Å². The van der Waals surface area contributed by atoms with Crippen LogP contribution < -0.4 is 16.2 Å². The number of nitrogens with two attached hydrogens (primary N) is 2. The minimum Gasteiger partial charge on any atom is -0.493 e. The standard InChI is InChI=1S/C15H27N3O/c1-2-3-4-5-6-7-8-9-10-19-13-11-14(16)18-15(17)12-13/h11-12H,2-10H2,1H3,(H4,16,17,18). The number of anilines is 2. The van der Waals surface area contributed by atoms with Crippen LogP contribution in [0.1, 0.15) is 58.3 Å². The Bertz CT molecular complexity index is 335. The van der Waals surface area contributed by atoms with E-state index in [0.717, 1.165) is 13.0 Å². The number of rotatable bonds is 10. The van der Waals surface area contributed by atoms with Crippen LogP contribution in [0.25, 0.3) is 0 Å². The van der Waals surface area contributed by atoms with Gasteiger partial charge in [-0.2, -0.15) is 0 Å². The van der Waals surface area contributed by atoms with Gasteiger partial charge in [-0.15, -0.1) is 0 Å². The van der Waals surface area contributed by atoms with E-state index in [9.17, 15) is 0 Å². The highest BCUT2D eigenvalue weighted by molar-refractivity contribution is 5.46. The van der Waals surface area contributed by atoms with Crippen LogP contribution in [0.15, 0.2) is 12.1 Å². The summed E-state index contributed by atoms with van der Waals surface area (Å²) in [6.45, 7) is 2.97. The fourth-order valence-corrected chi connectivity index (χ4v) is 2.06. The lowest BCUT2D eigenvalue weighted by atomic mass is 10.1. The first-order chi connectivity index (χ1) is 9.22. The molecule has 0 saturated carbocycles. The molecule has 0 radical (unpaired) electrons. The van der Waals surface area contributed by atoms with Crippen LogP contribution >= 0.6 is 0 Å². The largest absolute Gasteiger partial charge is 0.493 e. The predicted molar refractivity (Wildman–Crippen MR) is 81.2 cm³/mol. The number of nitrogen functional groups attached to an aromatic ring is 2. The number of ether oxygens (including phenoxy) is 1. The van der Waals surface area contributed by atoms with Crippen LogP contribution in [0.2, 0.25) is 0 Å². The number of aromatic nitrogens is 1. The summed E-state index contributed by atoms with van der Waals surface area (Å²) in [6.07, 6.45) is 10.4. The summed E-state index contributed by atoms with van der Waals surface area (Å²) in [4.78, 5) is 3.90. The maximum absolute atomic E-state index is 5.61. The highest BCUT2D eigenvalue weighted by Gasteiger charge is 1.99. The zero-order chi connectivity index (χ0) is 13.9. The fraction of sp³-hybridized carbons (Fsp3) is 0.667. The molecule has 0 bridgehead atoms. The van der Waals surface area contributed by atoms with Crippen LogP contribution in [0.3, 0.4) is 0 Å². The molecule has 0 aliphatic heterocycles. The van der Waals surface area contributed by atoms with Crippen molar-refractivity contribution in [2.75, 3.05) is 18.1 Å². The van der Waals surface area contributed by atoms with Gasteiger partial charge in [0.25, 0.3) is 0 Å². The lowest BCUT2D eigenvalue weighted by Gasteiger charge is -2.07. The lowest BCUT2D eigenvalue weighted by Crippen LogP contribution is -2.01. The molecule has 0 aliphatic rings. The second-order valence-corrected chi connectivity index (χ2v) is 4.98. The van der Waals surface area contributed by atoms with E-state index in [-0.39, 0.29) is 0 Å². The Morgan fingerprint density at radius 3 is 2.00 bits per heavy atom. The van der Waals surface area contributed by atoms with Gasteiger partial charge < -0.3 is 16.2 Å². The van der Waals surface area contributed by atoms with Crippen molar-refractivity contribution in [2.45, 2.75) is 58.3 Å². The van der Waals surface area contributed by atoms with Gasteiger partial charge in [0.05, 0.1) is 6.61 Å². The number of pyridine rings is 1. The average molecular weight is 265 g/mol. The van der Waals surface area contributed by atoms with E-state index >= 15 is 0 Å². The number of hydrogen-bond donors (Lipinski definition) is 2. The van der Waals surface area contributed by atoms with E-state index in [0.29, 0.717) is 17.4 Å². The molecule has 19 heavy (non-hydrogen) atoms. The third kappa shape index (κ3) is 7.54. The topological polar surface area (TPSA) is 74.2 Å². The smallest absolute Gasteiger partial charge is 0.129 e. The van der Waals surface area contributed by atoms with E-state index in [4.69, 9.17) is 16.2 Å². The molecule has 108 valence electrons. The summed E-state index contributed by atoms with van der Waals surface area (Å²) < 4.78 is 5.61. The minimum absolute atomic E-state index is 0.408. The van der Waals surface area contributed by atoms with E-state index < -0.39 is 0 Å². The molecule has 0 atom stereocenters. The summed E-state index contributed by atoms with van der Waals surface area (Å²) in [7, 11) is 0. The second-order valence-electron chi connectivity index (χ2n) is 4.98. The molecule has 0 amide bonds. The van der Waals surface area contributed by atoms with Crippen LogP contribution in [0, 0.1) is 0 Å². The zero-order valence-electron chi connectivity index (χ0n) is 12.0. The molecular formula is C15H27N3O. The molecule has 0 saturated heterocycles. The lowest BCUT2D eigenvalue weighted by molar-refractivity contribution is 0.304. The highest BCUT2D eigenvalue weighted by Crippen LogP contribution is 2.17. The van der Waals surface area contributed by atoms with E-state index in [1.807, 2.05) is 0 Å². The van der Waals surface area contributed by atoms with Crippen molar-refractivity contribution in [1.29, 1.82) is 0 Å². The Balaban J connectivity index is 2.01. The van der Waals surface area contributed by atoms with Crippen LogP contribution in [0.4, 0.5) is 11.6 Å². The normalized spacial score (nSPS) is 10.6. The Morgan fingerprint density at radius 1 is 0.895 bits per heavy atom.